The Morgan fingerprint density at radius 1 is 1.20 bits per heavy atom. The van der Waals surface area contributed by atoms with E-state index in [-0.39, 0.29) is 0 Å². The van der Waals surface area contributed by atoms with Crippen LogP contribution >= 0.6 is 0 Å². The Labute approximate surface area is 117 Å². The number of nitriles is 1. The number of benzene rings is 1. The first-order chi connectivity index (χ1) is 9.78. The standard InChI is InChI=1S/C17H13N3/c1-13-5-6-14(11-18)10-15(13)7-8-16-12-19-17-4-2-3-9-20(16)17/h2-10,12H,1H3/b8-7+. The fraction of sp³-hybridized carbons (Fsp3) is 0.0588. The van der Waals surface area contributed by atoms with Gasteiger partial charge in [-0.1, -0.05) is 18.2 Å². The summed E-state index contributed by atoms with van der Waals surface area (Å²) in [6.45, 7) is 2.04. The number of hydrogen-bond acceptors (Lipinski definition) is 2. The first-order valence-electron chi connectivity index (χ1n) is 6.39. The van der Waals surface area contributed by atoms with Gasteiger partial charge in [0.1, 0.15) is 5.65 Å². The van der Waals surface area contributed by atoms with Crippen LogP contribution in [0.1, 0.15) is 22.4 Å². The van der Waals surface area contributed by atoms with Crippen molar-refractivity contribution in [3.63, 3.8) is 0 Å². The molecule has 0 saturated heterocycles. The molecule has 0 fully saturated rings. The van der Waals surface area contributed by atoms with Gasteiger partial charge in [-0.25, -0.2) is 4.98 Å². The summed E-state index contributed by atoms with van der Waals surface area (Å²) in [4.78, 5) is 4.35. The van der Waals surface area contributed by atoms with E-state index in [1.54, 1.807) is 0 Å². The molecule has 3 rings (SSSR count). The summed E-state index contributed by atoms with van der Waals surface area (Å²) in [5.74, 6) is 0. The molecule has 0 saturated carbocycles. The fourth-order valence-electron chi connectivity index (χ4n) is 2.14. The Bertz CT molecular complexity index is 835. The summed E-state index contributed by atoms with van der Waals surface area (Å²) in [6.07, 6.45) is 7.87. The number of hydrogen-bond donors (Lipinski definition) is 0. The van der Waals surface area contributed by atoms with Crippen LogP contribution in [0.2, 0.25) is 0 Å². The van der Waals surface area contributed by atoms with Crippen molar-refractivity contribution in [3.05, 3.63) is 71.2 Å². The van der Waals surface area contributed by atoms with E-state index in [1.165, 1.54) is 0 Å². The van der Waals surface area contributed by atoms with Crippen molar-refractivity contribution in [1.82, 2.24) is 9.38 Å². The van der Waals surface area contributed by atoms with Crippen molar-refractivity contribution in [3.8, 4) is 6.07 Å². The number of fused-ring (bicyclic) bond motifs is 1. The second-order valence-corrected chi connectivity index (χ2v) is 4.63. The Hall–Kier alpha value is -2.86. The minimum Gasteiger partial charge on any atom is -0.300 e. The monoisotopic (exact) mass is 259 g/mol. The maximum Gasteiger partial charge on any atom is 0.137 e. The molecule has 0 N–H and O–H groups in total. The summed E-state index contributed by atoms with van der Waals surface area (Å²) in [5, 5.41) is 8.96. The van der Waals surface area contributed by atoms with E-state index in [0.717, 1.165) is 22.5 Å². The highest BCUT2D eigenvalue weighted by molar-refractivity contribution is 5.71. The minimum absolute atomic E-state index is 0.674. The Morgan fingerprint density at radius 3 is 2.95 bits per heavy atom. The van der Waals surface area contributed by atoms with Crippen molar-refractivity contribution >= 4 is 17.8 Å². The maximum absolute atomic E-state index is 8.96. The molecule has 0 unspecified atom stereocenters. The highest BCUT2D eigenvalue weighted by Crippen LogP contribution is 2.15. The van der Waals surface area contributed by atoms with Crippen LogP contribution in [0.3, 0.4) is 0 Å². The average Bonchev–Trinajstić information content (AvgIpc) is 2.90. The highest BCUT2D eigenvalue weighted by atomic mass is 15.0. The zero-order valence-corrected chi connectivity index (χ0v) is 11.1. The van der Waals surface area contributed by atoms with E-state index in [1.807, 2.05) is 72.3 Å². The van der Waals surface area contributed by atoms with Gasteiger partial charge < -0.3 is 4.40 Å². The third-order valence-electron chi connectivity index (χ3n) is 3.29. The van der Waals surface area contributed by atoms with Crippen LogP contribution in [-0.4, -0.2) is 9.38 Å². The number of imidazole rings is 1. The molecule has 0 bridgehead atoms. The molecule has 0 aliphatic heterocycles. The Morgan fingerprint density at radius 2 is 2.10 bits per heavy atom. The second kappa shape index (κ2) is 5.02. The molecule has 20 heavy (non-hydrogen) atoms. The maximum atomic E-state index is 8.96. The summed E-state index contributed by atoms with van der Waals surface area (Å²) in [5.41, 5.74) is 4.81. The van der Waals surface area contributed by atoms with E-state index in [2.05, 4.69) is 11.1 Å². The van der Waals surface area contributed by atoms with Gasteiger partial charge in [0.25, 0.3) is 0 Å². The molecule has 0 aliphatic rings. The first-order valence-corrected chi connectivity index (χ1v) is 6.39. The molecule has 2 heterocycles. The summed E-state index contributed by atoms with van der Waals surface area (Å²) < 4.78 is 2.03. The lowest BCUT2D eigenvalue weighted by molar-refractivity contribution is 1.17. The number of aryl methyl sites for hydroxylation is 1. The average molecular weight is 259 g/mol. The summed E-state index contributed by atoms with van der Waals surface area (Å²) in [6, 6.07) is 13.8. The van der Waals surface area contributed by atoms with Gasteiger partial charge in [0.2, 0.25) is 0 Å². The topological polar surface area (TPSA) is 41.1 Å². The molecular weight excluding hydrogens is 246 g/mol. The van der Waals surface area contributed by atoms with Gasteiger partial charge in [0.05, 0.1) is 23.5 Å². The molecule has 0 aliphatic carbocycles. The smallest absolute Gasteiger partial charge is 0.137 e. The second-order valence-electron chi connectivity index (χ2n) is 4.63. The largest absolute Gasteiger partial charge is 0.300 e. The summed E-state index contributed by atoms with van der Waals surface area (Å²) in [7, 11) is 0. The van der Waals surface area contributed by atoms with Gasteiger partial charge in [-0.2, -0.15) is 5.26 Å². The van der Waals surface area contributed by atoms with Gasteiger partial charge in [-0.05, 0) is 48.4 Å². The zero-order chi connectivity index (χ0) is 13.9. The third-order valence-corrected chi connectivity index (χ3v) is 3.29. The van der Waals surface area contributed by atoms with Gasteiger partial charge >= 0.3 is 0 Å². The molecule has 3 nitrogen and oxygen atoms in total. The highest BCUT2D eigenvalue weighted by Gasteiger charge is 2.00. The Kier molecular flexibility index (Phi) is 3.06. The van der Waals surface area contributed by atoms with Crippen LogP contribution in [0, 0.1) is 18.3 Å². The summed E-state index contributed by atoms with van der Waals surface area (Å²) >= 11 is 0. The van der Waals surface area contributed by atoms with Gasteiger partial charge in [-0.15, -0.1) is 0 Å². The molecule has 1 aromatic carbocycles. The van der Waals surface area contributed by atoms with Crippen LogP contribution < -0.4 is 0 Å². The SMILES string of the molecule is Cc1ccc(C#N)cc1/C=C/c1cnc2ccccn12. The van der Waals surface area contributed by atoms with E-state index in [9.17, 15) is 0 Å². The lowest BCUT2D eigenvalue weighted by Crippen LogP contribution is -1.86. The van der Waals surface area contributed by atoms with Crippen molar-refractivity contribution < 1.29 is 0 Å². The van der Waals surface area contributed by atoms with Crippen molar-refractivity contribution in [2.75, 3.05) is 0 Å². The van der Waals surface area contributed by atoms with Crippen molar-refractivity contribution in [1.29, 1.82) is 5.26 Å². The van der Waals surface area contributed by atoms with Crippen LogP contribution in [0.5, 0.6) is 0 Å². The molecular formula is C17H13N3. The molecule has 3 aromatic rings. The van der Waals surface area contributed by atoms with Crippen LogP contribution in [-0.2, 0) is 0 Å². The van der Waals surface area contributed by atoms with E-state index >= 15 is 0 Å². The van der Waals surface area contributed by atoms with Gasteiger partial charge in [0, 0.05) is 6.20 Å². The van der Waals surface area contributed by atoms with Crippen molar-refractivity contribution in [2.24, 2.45) is 0 Å². The molecule has 0 amide bonds. The van der Waals surface area contributed by atoms with E-state index in [0.29, 0.717) is 5.56 Å². The number of aromatic nitrogens is 2. The minimum atomic E-state index is 0.674. The fourth-order valence-corrected chi connectivity index (χ4v) is 2.14. The molecule has 3 heteroatoms. The zero-order valence-electron chi connectivity index (χ0n) is 11.1. The van der Waals surface area contributed by atoms with Crippen LogP contribution in [0.25, 0.3) is 17.8 Å². The molecule has 96 valence electrons. The molecule has 0 radical (unpaired) electrons. The lowest BCUT2D eigenvalue weighted by Gasteiger charge is -2.00. The van der Waals surface area contributed by atoms with Gasteiger partial charge in [-0.3, -0.25) is 0 Å². The Balaban J connectivity index is 2.00. The third kappa shape index (κ3) is 2.19. The van der Waals surface area contributed by atoms with Crippen molar-refractivity contribution in [2.45, 2.75) is 6.92 Å². The van der Waals surface area contributed by atoms with E-state index < -0.39 is 0 Å². The lowest BCUT2D eigenvalue weighted by atomic mass is 10.0. The number of rotatable bonds is 2. The van der Waals surface area contributed by atoms with Crippen LogP contribution in [0.15, 0.2) is 48.8 Å². The predicted octanol–water partition coefficient (Wildman–Crippen LogP) is 3.68. The predicted molar refractivity (Wildman–Crippen MR) is 80.0 cm³/mol. The number of nitrogens with zero attached hydrogens (tertiary/aromatic N) is 3. The number of pyridine rings is 1. The quantitative estimate of drug-likeness (QED) is 0.704. The molecule has 2 aromatic heterocycles. The van der Waals surface area contributed by atoms with E-state index in [4.69, 9.17) is 5.26 Å². The molecule has 0 spiro atoms. The van der Waals surface area contributed by atoms with Gasteiger partial charge in [0.15, 0.2) is 0 Å². The van der Waals surface area contributed by atoms with Crippen LogP contribution in [0.4, 0.5) is 0 Å². The first kappa shape index (κ1) is 12.2. The normalized spacial score (nSPS) is 11.0. The molecule has 0 atom stereocenters.